The molecule has 116 valence electrons. The van der Waals surface area contributed by atoms with E-state index in [1.165, 1.54) is 0 Å². The number of hydrogen-bond acceptors (Lipinski definition) is 3. The highest BCUT2D eigenvalue weighted by atomic mass is 16.5. The number of nitrogens with one attached hydrogen (secondary N) is 2. The van der Waals surface area contributed by atoms with E-state index in [0.29, 0.717) is 13.2 Å². The van der Waals surface area contributed by atoms with Gasteiger partial charge in [-0.2, -0.15) is 0 Å². The third-order valence-corrected chi connectivity index (χ3v) is 4.06. The van der Waals surface area contributed by atoms with E-state index >= 15 is 0 Å². The average Bonchev–Trinajstić information content (AvgIpc) is 2.52. The monoisotopic (exact) mass is 290 g/mol. The highest BCUT2D eigenvalue weighted by molar-refractivity contribution is 5.88. The molecule has 0 aromatic heterocycles. The van der Waals surface area contributed by atoms with Crippen molar-refractivity contribution in [2.24, 2.45) is 0 Å². The Bertz CT molecular complexity index is 439. The van der Waals surface area contributed by atoms with Crippen LogP contribution in [0.15, 0.2) is 30.3 Å². The van der Waals surface area contributed by atoms with Gasteiger partial charge in [0.2, 0.25) is 5.91 Å². The Labute approximate surface area is 127 Å². The summed E-state index contributed by atoms with van der Waals surface area (Å²) in [6, 6.07) is 10.1. The lowest BCUT2D eigenvalue weighted by molar-refractivity contribution is -0.128. The topological polar surface area (TPSA) is 50.4 Å². The van der Waals surface area contributed by atoms with Gasteiger partial charge in [-0.25, -0.2) is 0 Å². The number of benzene rings is 1. The average molecular weight is 290 g/mol. The molecule has 4 nitrogen and oxygen atoms in total. The summed E-state index contributed by atoms with van der Waals surface area (Å²) in [4.78, 5) is 12.8. The summed E-state index contributed by atoms with van der Waals surface area (Å²) in [5.41, 5.74) is 0.721. The van der Waals surface area contributed by atoms with Gasteiger partial charge in [-0.3, -0.25) is 4.79 Å². The van der Waals surface area contributed by atoms with Crippen LogP contribution in [0.4, 0.5) is 0 Å². The van der Waals surface area contributed by atoms with Crippen molar-refractivity contribution in [2.45, 2.75) is 38.2 Å². The fourth-order valence-corrected chi connectivity index (χ4v) is 2.89. The van der Waals surface area contributed by atoms with Gasteiger partial charge < -0.3 is 15.4 Å². The second kappa shape index (κ2) is 7.57. The maximum atomic E-state index is 12.8. The minimum Gasteiger partial charge on any atom is -0.377 e. The van der Waals surface area contributed by atoms with Gasteiger partial charge in [0, 0.05) is 6.54 Å². The summed E-state index contributed by atoms with van der Waals surface area (Å²) in [6.07, 6.45) is 1.88. The summed E-state index contributed by atoms with van der Waals surface area (Å²) in [6.45, 7) is 6.89. The lowest BCUT2D eigenvalue weighted by atomic mass is 9.72. The molecule has 0 atom stereocenters. The minimum atomic E-state index is -0.398. The molecule has 0 aliphatic carbocycles. The normalized spacial score (nSPS) is 17.7. The van der Waals surface area contributed by atoms with Crippen molar-refractivity contribution in [3.63, 3.8) is 0 Å². The molecule has 0 unspecified atom stereocenters. The van der Waals surface area contributed by atoms with Crippen molar-refractivity contribution >= 4 is 5.91 Å². The fraction of sp³-hybridized carbons (Fsp3) is 0.588. The number of piperidine rings is 1. The van der Waals surface area contributed by atoms with Crippen LogP contribution in [0.3, 0.4) is 0 Å². The van der Waals surface area contributed by atoms with Crippen LogP contribution in [0.25, 0.3) is 0 Å². The van der Waals surface area contributed by atoms with Gasteiger partial charge in [0.1, 0.15) is 0 Å². The maximum Gasteiger partial charge on any atom is 0.230 e. The summed E-state index contributed by atoms with van der Waals surface area (Å²) < 4.78 is 5.49. The number of rotatable bonds is 6. The van der Waals surface area contributed by atoms with E-state index in [9.17, 15) is 4.79 Å². The zero-order valence-electron chi connectivity index (χ0n) is 13.0. The van der Waals surface area contributed by atoms with Crippen molar-refractivity contribution in [3.05, 3.63) is 35.9 Å². The van der Waals surface area contributed by atoms with E-state index in [0.717, 1.165) is 31.5 Å². The number of amides is 1. The van der Waals surface area contributed by atoms with Gasteiger partial charge in [-0.05, 0) is 45.3 Å². The molecule has 0 spiro atoms. The molecule has 1 aliphatic heterocycles. The second-order valence-electron chi connectivity index (χ2n) is 5.87. The first-order valence-electron chi connectivity index (χ1n) is 7.81. The molecular formula is C17H26N2O2. The van der Waals surface area contributed by atoms with Crippen molar-refractivity contribution in [3.8, 4) is 0 Å². The summed E-state index contributed by atoms with van der Waals surface area (Å²) in [5.74, 6) is 0.127. The van der Waals surface area contributed by atoms with E-state index in [1.807, 2.05) is 32.0 Å². The first-order chi connectivity index (χ1) is 10.1. The molecule has 1 saturated heterocycles. The highest BCUT2D eigenvalue weighted by Crippen LogP contribution is 2.33. The highest BCUT2D eigenvalue weighted by Gasteiger charge is 2.40. The third-order valence-electron chi connectivity index (χ3n) is 4.06. The van der Waals surface area contributed by atoms with Crippen LogP contribution >= 0.6 is 0 Å². The zero-order chi connectivity index (χ0) is 15.1. The summed E-state index contributed by atoms with van der Waals surface area (Å²) >= 11 is 0. The van der Waals surface area contributed by atoms with Gasteiger partial charge in [0.25, 0.3) is 0 Å². The Hall–Kier alpha value is -1.39. The van der Waals surface area contributed by atoms with Crippen molar-refractivity contribution in [2.75, 3.05) is 26.2 Å². The third kappa shape index (κ3) is 4.05. The number of carbonyl (C=O) groups is 1. The molecular weight excluding hydrogens is 264 g/mol. The SMILES string of the molecule is CC(C)OCCNC(=O)C1(c2ccccc2)CCNCC1. The molecule has 1 fully saturated rings. The predicted octanol–water partition coefficient (Wildman–Crippen LogP) is 1.85. The van der Waals surface area contributed by atoms with E-state index in [-0.39, 0.29) is 12.0 Å². The molecule has 0 bridgehead atoms. The fourth-order valence-electron chi connectivity index (χ4n) is 2.89. The minimum absolute atomic E-state index is 0.127. The van der Waals surface area contributed by atoms with Crippen LogP contribution in [-0.4, -0.2) is 38.3 Å². The van der Waals surface area contributed by atoms with Gasteiger partial charge in [0.05, 0.1) is 18.1 Å². The van der Waals surface area contributed by atoms with E-state index in [2.05, 4.69) is 22.8 Å². The predicted molar refractivity (Wildman–Crippen MR) is 84.3 cm³/mol. The van der Waals surface area contributed by atoms with E-state index < -0.39 is 5.41 Å². The molecule has 1 heterocycles. The van der Waals surface area contributed by atoms with Crippen molar-refractivity contribution in [1.82, 2.24) is 10.6 Å². The largest absolute Gasteiger partial charge is 0.377 e. The van der Waals surface area contributed by atoms with E-state index in [4.69, 9.17) is 4.74 Å². The molecule has 2 N–H and O–H groups in total. The van der Waals surface area contributed by atoms with Crippen LogP contribution in [0.1, 0.15) is 32.3 Å². The Morgan fingerprint density at radius 2 is 1.95 bits per heavy atom. The maximum absolute atomic E-state index is 12.8. The lowest BCUT2D eigenvalue weighted by Crippen LogP contribution is -2.51. The van der Waals surface area contributed by atoms with Crippen LogP contribution in [0.2, 0.25) is 0 Å². The Balaban J connectivity index is 2.04. The molecule has 1 aromatic carbocycles. The molecule has 2 rings (SSSR count). The smallest absolute Gasteiger partial charge is 0.230 e. The quantitative estimate of drug-likeness (QED) is 0.786. The first kappa shape index (κ1) is 16.0. The standard InChI is InChI=1S/C17H26N2O2/c1-14(2)21-13-12-19-16(20)17(8-10-18-11-9-17)15-6-4-3-5-7-15/h3-7,14,18H,8-13H2,1-2H3,(H,19,20). The molecule has 1 aliphatic rings. The summed E-state index contributed by atoms with van der Waals surface area (Å²) in [7, 11) is 0. The van der Waals surface area contributed by atoms with Crippen LogP contribution in [0.5, 0.6) is 0 Å². The molecule has 1 aromatic rings. The summed E-state index contributed by atoms with van der Waals surface area (Å²) in [5, 5.41) is 6.40. The second-order valence-corrected chi connectivity index (χ2v) is 5.87. The molecule has 21 heavy (non-hydrogen) atoms. The molecule has 4 heteroatoms. The molecule has 1 amide bonds. The van der Waals surface area contributed by atoms with Crippen molar-refractivity contribution < 1.29 is 9.53 Å². The number of carbonyl (C=O) groups excluding carboxylic acids is 1. The van der Waals surface area contributed by atoms with Gasteiger partial charge in [-0.1, -0.05) is 30.3 Å². The number of hydrogen-bond donors (Lipinski definition) is 2. The van der Waals surface area contributed by atoms with Gasteiger partial charge in [0.15, 0.2) is 0 Å². The van der Waals surface area contributed by atoms with Crippen LogP contribution in [-0.2, 0) is 14.9 Å². The molecule has 0 radical (unpaired) electrons. The van der Waals surface area contributed by atoms with Gasteiger partial charge >= 0.3 is 0 Å². The van der Waals surface area contributed by atoms with E-state index in [1.54, 1.807) is 0 Å². The lowest BCUT2D eigenvalue weighted by Gasteiger charge is -2.36. The Kier molecular flexibility index (Phi) is 5.76. The van der Waals surface area contributed by atoms with Gasteiger partial charge in [-0.15, -0.1) is 0 Å². The van der Waals surface area contributed by atoms with Crippen LogP contribution < -0.4 is 10.6 Å². The Morgan fingerprint density at radius 3 is 2.57 bits per heavy atom. The van der Waals surface area contributed by atoms with Crippen LogP contribution in [0, 0.1) is 0 Å². The zero-order valence-corrected chi connectivity index (χ0v) is 13.0. The first-order valence-corrected chi connectivity index (χ1v) is 7.81. The molecule has 0 saturated carbocycles. The Morgan fingerprint density at radius 1 is 1.29 bits per heavy atom. The van der Waals surface area contributed by atoms with Crippen molar-refractivity contribution in [1.29, 1.82) is 0 Å². The number of ether oxygens (including phenoxy) is 1.